The van der Waals surface area contributed by atoms with E-state index >= 15 is 0 Å². The summed E-state index contributed by atoms with van der Waals surface area (Å²) in [7, 11) is 0. The number of pyridine rings is 1. The Morgan fingerprint density at radius 1 is 1.41 bits per heavy atom. The molecule has 1 amide bonds. The van der Waals surface area contributed by atoms with E-state index in [-0.39, 0.29) is 11.8 Å². The molecule has 0 spiro atoms. The maximum atomic E-state index is 12.4. The van der Waals surface area contributed by atoms with E-state index in [1.165, 1.54) is 0 Å². The average Bonchev–Trinajstić information content (AvgIpc) is 3.14. The van der Waals surface area contributed by atoms with Crippen LogP contribution in [0.5, 0.6) is 0 Å². The molecule has 1 aliphatic rings. The molecule has 4 rings (SSSR count). The summed E-state index contributed by atoms with van der Waals surface area (Å²) in [4.78, 5) is 23.4. The highest BCUT2D eigenvalue weighted by Gasteiger charge is 2.26. The van der Waals surface area contributed by atoms with E-state index in [4.69, 9.17) is 4.98 Å². The molecule has 1 atom stereocenters. The van der Waals surface area contributed by atoms with Crippen molar-refractivity contribution in [2.75, 3.05) is 30.4 Å². The van der Waals surface area contributed by atoms with Crippen molar-refractivity contribution in [3.63, 3.8) is 0 Å². The third-order valence-electron chi connectivity index (χ3n) is 5.11. The first-order valence-corrected chi connectivity index (χ1v) is 11.8. The molecule has 1 N–H and O–H groups in total. The van der Waals surface area contributed by atoms with Crippen molar-refractivity contribution in [1.82, 2.24) is 24.5 Å². The Morgan fingerprint density at radius 2 is 2.31 bits per heavy atom. The minimum atomic E-state index is 0.212. The third kappa shape index (κ3) is 4.56. The lowest BCUT2D eigenvalue weighted by atomic mass is 9.94. The van der Waals surface area contributed by atoms with Gasteiger partial charge in [0.2, 0.25) is 5.91 Å². The van der Waals surface area contributed by atoms with Crippen molar-refractivity contribution in [1.29, 1.82) is 0 Å². The number of nitrogens with zero attached hydrogens (tertiary/aromatic N) is 5. The number of nitrogens with one attached hydrogen (secondary N) is 1. The van der Waals surface area contributed by atoms with Gasteiger partial charge in [-0.25, -0.2) is 4.98 Å². The summed E-state index contributed by atoms with van der Waals surface area (Å²) in [6.07, 6.45) is 9.37. The molecule has 1 fully saturated rings. The lowest BCUT2D eigenvalue weighted by Crippen LogP contribution is -2.40. The lowest BCUT2D eigenvalue weighted by molar-refractivity contribution is -0.129. The quantitative estimate of drug-likeness (QED) is 0.588. The number of carbonyl (C=O) groups excluding carboxylic acids is 1. The Bertz CT molecular complexity index is 995. The number of aromatic nitrogens is 4. The normalized spacial score (nSPS) is 16.9. The van der Waals surface area contributed by atoms with Crippen LogP contribution < -0.4 is 5.32 Å². The molecule has 7 nitrogen and oxygen atoms in total. The summed E-state index contributed by atoms with van der Waals surface area (Å²) in [5.74, 6) is 1.85. The first-order valence-electron chi connectivity index (χ1n) is 9.59. The van der Waals surface area contributed by atoms with Gasteiger partial charge >= 0.3 is 0 Å². The number of rotatable bonds is 6. The van der Waals surface area contributed by atoms with Crippen LogP contribution in [0.15, 0.2) is 41.3 Å². The first-order chi connectivity index (χ1) is 14.2. The zero-order valence-corrected chi connectivity index (χ0v) is 18.6. The summed E-state index contributed by atoms with van der Waals surface area (Å²) in [5.41, 5.74) is 2.87. The number of halogens is 1. The Morgan fingerprint density at radius 3 is 3.10 bits per heavy atom. The zero-order valence-electron chi connectivity index (χ0n) is 16.2. The monoisotopic (exact) mass is 474 g/mol. The number of fused-ring (bicyclic) bond motifs is 1. The Balaban J connectivity index is 1.61. The molecule has 0 aromatic carbocycles. The highest BCUT2D eigenvalue weighted by Crippen LogP contribution is 2.30. The molecule has 3 aromatic rings. The molecule has 3 aromatic heterocycles. The largest absolute Gasteiger partial charge is 0.366 e. The minimum Gasteiger partial charge on any atom is -0.366 e. The maximum absolute atomic E-state index is 12.4. The van der Waals surface area contributed by atoms with E-state index in [0.29, 0.717) is 12.3 Å². The molecular weight excluding hydrogens is 452 g/mol. The topological polar surface area (TPSA) is 75.4 Å². The zero-order chi connectivity index (χ0) is 20.2. The molecule has 1 saturated heterocycles. The van der Waals surface area contributed by atoms with E-state index < -0.39 is 0 Å². The molecule has 4 heterocycles. The van der Waals surface area contributed by atoms with Crippen LogP contribution in [-0.2, 0) is 11.3 Å². The van der Waals surface area contributed by atoms with Gasteiger partial charge in [-0.15, -0.1) is 0 Å². The second-order valence-electron chi connectivity index (χ2n) is 7.12. The second-order valence-corrected chi connectivity index (χ2v) is 8.84. The van der Waals surface area contributed by atoms with Crippen LogP contribution in [0.1, 0.15) is 30.0 Å². The van der Waals surface area contributed by atoms with Gasteiger partial charge < -0.3 is 10.2 Å². The van der Waals surface area contributed by atoms with Crippen molar-refractivity contribution >= 4 is 45.1 Å². The van der Waals surface area contributed by atoms with Crippen LogP contribution in [0.2, 0.25) is 0 Å². The SMILES string of the molecule is CSCC(=O)N1CCCC(c2cc(NCc3cccnc3)n3ncc(Br)c3n2)C1. The molecule has 1 unspecified atom stereocenters. The van der Waals surface area contributed by atoms with Crippen molar-refractivity contribution < 1.29 is 4.79 Å². The van der Waals surface area contributed by atoms with Crippen LogP contribution in [0.25, 0.3) is 5.65 Å². The molecular formula is C20H23BrN6OS. The number of hydrogen-bond donors (Lipinski definition) is 1. The third-order valence-corrected chi connectivity index (χ3v) is 6.20. The van der Waals surface area contributed by atoms with Gasteiger partial charge in [-0.1, -0.05) is 6.07 Å². The minimum absolute atomic E-state index is 0.212. The van der Waals surface area contributed by atoms with Gasteiger partial charge in [0.1, 0.15) is 5.82 Å². The molecule has 0 radical (unpaired) electrons. The van der Waals surface area contributed by atoms with Crippen LogP contribution in [0.3, 0.4) is 0 Å². The first kappa shape index (κ1) is 20.2. The van der Waals surface area contributed by atoms with Gasteiger partial charge in [-0.3, -0.25) is 9.78 Å². The highest BCUT2D eigenvalue weighted by molar-refractivity contribution is 9.10. The number of thioether (sulfide) groups is 1. The van der Waals surface area contributed by atoms with Crippen LogP contribution in [0, 0.1) is 0 Å². The molecule has 9 heteroatoms. The molecule has 29 heavy (non-hydrogen) atoms. The number of anilines is 1. The maximum Gasteiger partial charge on any atom is 0.232 e. The van der Waals surface area contributed by atoms with E-state index in [0.717, 1.165) is 53.1 Å². The highest BCUT2D eigenvalue weighted by atomic mass is 79.9. The van der Waals surface area contributed by atoms with E-state index in [9.17, 15) is 4.79 Å². The molecule has 1 aliphatic heterocycles. The predicted octanol–water partition coefficient (Wildman–Crippen LogP) is 3.57. The second kappa shape index (κ2) is 9.13. The van der Waals surface area contributed by atoms with Gasteiger partial charge in [0, 0.05) is 44.0 Å². The van der Waals surface area contributed by atoms with E-state index in [2.05, 4.69) is 37.4 Å². The summed E-state index contributed by atoms with van der Waals surface area (Å²) in [6, 6.07) is 6.03. The van der Waals surface area contributed by atoms with E-state index in [1.807, 2.05) is 34.0 Å². The van der Waals surface area contributed by atoms with Crippen LogP contribution in [-0.4, -0.2) is 55.5 Å². The Labute approximate surface area is 182 Å². The van der Waals surface area contributed by atoms with Crippen molar-refractivity contribution in [3.8, 4) is 0 Å². The lowest BCUT2D eigenvalue weighted by Gasteiger charge is -2.32. The number of hydrogen-bond acceptors (Lipinski definition) is 6. The summed E-state index contributed by atoms with van der Waals surface area (Å²) < 4.78 is 2.67. The van der Waals surface area contributed by atoms with Crippen molar-refractivity contribution in [2.24, 2.45) is 0 Å². The number of carbonyl (C=O) groups is 1. The number of piperidine rings is 1. The van der Waals surface area contributed by atoms with E-state index in [1.54, 1.807) is 24.2 Å². The molecule has 0 aliphatic carbocycles. The summed E-state index contributed by atoms with van der Waals surface area (Å²) in [6.45, 7) is 2.20. The summed E-state index contributed by atoms with van der Waals surface area (Å²) in [5, 5.41) is 7.91. The molecule has 0 saturated carbocycles. The standard InChI is InChI=1S/C20H23BrN6OS/c1-29-13-19(28)26-7-3-5-15(12-26)17-8-18(23-10-14-4-2-6-22-9-14)27-20(25-17)16(21)11-24-27/h2,4,6,8-9,11,15,23H,3,5,7,10,12-13H2,1H3. The predicted molar refractivity (Wildman–Crippen MR) is 119 cm³/mol. The number of amides is 1. The van der Waals surface area contributed by atoms with Crippen LogP contribution >= 0.6 is 27.7 Å². The molecule has 152 valence electrons. The molecule has 0 bridgehead atoms. The fraction of sp³-hybridized carbons (Fsp3) is 0.400. The number of likely N-dealkylation sites (tertiary alicyclic amines) is 1. The fourth-order valence-corrected chi connectivity index (χ4v) is 4.42. The van der Waals surface area contributed by atoms with Crippen molar-refractivity contribution in [3.05, 3.63) is 52.5 Å². The van der Waals surface area contributed by atoms with Gasteiger partial charge in [0.05, 0.1) is 22.1 Å². The Kier molecular flexibility index (Phi) is 6.34. The summed E-state index contributed by atoms with van der Waals surface area (Å²) >= 11 is 5.13. The van der Waals surface area contributed by atoms with Gasteiger partial charge in [-0.2, -0.15) is 21.4 Å². The smallest absolute Gasteiger partial charge is 0.232 e. The average molecular weight is 475 g/mol. The Hall–Kier alpha value is -2.13. The van der Waals surface area contributed by atoms with Gasteiger partial charge in [0.25, 0.3) is 0 Å². The van der Waals surface area contributed by atoms with Crippen molar-refractivity contribution in [2.45, 2.75) is 25.3 Å². The fourth-order valence-electron chi connectivity index (χ4n) is 3.65. The van der Waals surface area contributed by atoms with Gasteiger partial charge in [0.15, 0.2) is 5.65 Å². The van der Waals surface area contributed by atoms with Crippen LogP contribution in [0.4, 0.5) is 5.82 Å². The van der Waals surface area contributed by atoms with Gasteiger partial charge in [-0.05, 0) is 46.7 Å².